The molecule has 1 aliphatic rings. The molecular formula is C15H21ClFNO. The zero-order chi connectivity index (χ0) is 14.3. The number of ether oxygens (including phenoxy) is 1. The van der Waals surface area contributed by atoms with E-state index in [-0.39, 0.29) is 17.0 Å². The first-order chi connectivity index (χ1) is 8.71. The van der Waals surface area contributed by atoms with Gasteiger partial charge < -0.3 is 9.64 Å². The molecule has 0 atom stereocenters. The number of hydrogen-bond acceptors (Lipinski definition) is 2. The summed E-state index contributed by atoms with van der Waals surface area (Å²) in [5, 5.41) is 0. The van der Waals surface area contributed by atoms with E-state index in [2.05, 4.69) is 32.6 Å². The summed E-state index contributed by atoms with van der Waals surface area (Å²) >= 11 is 5.81. The minimum absolute atomic E-state index is 0.241. The topological polar surface area (TPSA) is 12.5 Å². The van der Waals surface area contributed by atoms with E-state index in [1.165, 1.54) is 6.07 Å². The number of hydrogen-bond donors (Lipinski definition) is 0. The van der Waals surface area contributed by atoms with Gasteiger partial charge >= 0.3 is 0 Å². The number of alkyl halides is 1. The second kappa shape index (κ2) is 4.95. The highest BCUT2D eigenvalue weighted by Crippen LogP contribution is 2.32. The van der Waals surface area contributed by atoms with Crippen molar-refractivity contribution in [3.63, 3.8) is 0 Å². The molecular weight excluding hydrogens is 265 g/mol. The minimum Gasteiger partial charge on any atom is -0.366 e. The van der Waals surface area contributed by atoms with Crippen molar-refractivity contribution in [2.45, 2.75) is 44.8 Å². The van der Waals surface area contributed by atoms with Crippen LogP contribution in [0, 0.1) is 5.82 Å². The lowest BCUT2D eigenvalue weighted by atomic mass is 9.98. The number of nitrogens with zero attached hydrogens (tertiary/aromatic N) is 1. The molecule has 19 heavy (non-hydrogen) atoms. The zero-order valence-electron chi connectivity index (χ0n) is 12.0. The molecule has 1 aromatic carbocycles. The molecule has 1 fully saturated rings. The van der Waals surface area contributed by atoms with E-state index in [0.29, 0.717) is 5.88 Å². The van der Waals surface area contributed by atoms with Gasteiger partial charge in [0, 0.05) is 24.7 Å². The monoisotopic (exact) mass is 285 g/mol. The van der Waals surface area contributed by atoms with Crippen molar-refractivity contribution in [3.05, 3.63) is 29.6 Å². The van der Waals surface area contributed by atoms with Crippen LogP contribution in [0.4, 0.5) is 10.1 Å². The Kier molecular flexibility index (Phi) is 3.80. The highest BCUT2D eigenvalue weighted by Gasteiger charge is 2.38. The van der Waals surface area contributed by atoms with Crippen LogP contribution in [0.25, 0.3) is 0 Å². The fourth-order valence-corrected chi connectivity index (χ4v) is 3.02. The molecule has 0 unspecified atom stereocenters. The standard InChI is InChI=1S/C15H21ClFNO/c1-14(2)9-18(10-15(3,4)19-14)13-6-11(8-16)5-12(17)7-13/h5-7H,8-10H2,1-4H3. The largest absolute Gasteiger partial charge is 0.366 e. The van der Waals surface area contributed by atoms with E-state index < -0.39 is 0 Å². The van der Waals surface area contributed by atoms with Crippen LogP contribution < -0.4 is 4.90 Å². The average molecular weight is 286 g/mol. The third kappa shape index (κ3) is 3.61. The van der Waals surface area contributed by atoms with Gasteiger partial charge in [0.15, 0.2) is 0 Å². The summed E-state index contributed by atoms with van der Waals surface area (Å²) in [5.41, 5.74) is 1.17. The van der Waals surface area contributed by atoms with Gasteiger partial charge in [0.05, 0.1) is 11.2 Å². The molecule has 0 N–H and O–H groups in total. The summed E-state index contributed by atoms with van der Waals surface area (Å²) in [6.45, 7) is 9.71. The molecule has 0 spiro atoms. The van der Waals surface area contributed by atoms with Crippen LogP contribution in [0.1, 0.15) is 33.3 Å². The van der Waals surface area contributed by atoms with Crippen molar-refractivity contribution in [2.75, 3.05) is 18.0 Å². The highest BCUT2D eigenvalue weighted by molar-refractivity contribution is 6.17. The fourth-order valence-electron chi connectivity index (χ4n) is 2.86. The van der Waals surface area contributed by atoms with Gasteiger partial charge in [-0.05, 0) is 51.5 Å². The zero-order valence-corrected chi connectivity index (χ0v) is 12.7. The van der Waals surface area contributed by atoms with Crippen molar-refractivity contribution in [1.82, 2.24) is 0 Å². The molecule has 1 heterocycles. The summed E-state index contributed by atoms with van der Waals surface area (Å²) in [5.74, 6) is 0.0808. The number of halogens is 2. The van der Waals surface area contributed by atoms with Gasteiger partial charge in [0.1, 0.15) is 5.82 Å². The molecule has 0 aromatic heterocycles. The molecule has 4 heteroatoms. The fraction of sp³-hybridized carbons (Fsp3) is 0.600. The average Bonchev–Trinajstić information content (AvgIpc) is 2.24. The summed E-state index contributed by atoms with van der Waals surface area (Å²) in [6.07, 6.45) is 0. The maximum Gasteiger partial charge on any atom is 0.125 e. The number of benzene rings is 1. The SMILES string of the molecule is CC1(C)CN(c2cc(F)cc(CCl)c2)CC(C)(C)O1. The van der Waals surface area contributed by atoms with E-state index in [4.69, 9.17) is 16.3 Å². The molecule has 0 radical (unpaired) electrons. The summed E-state index contributed by atoms with van der Waals surface area (Å²) in [6, 6.07) is 4.99. The summed E-state index contributed by atoms with van der Waals surface area (Å²) < 4.78 is 19.7. The van der Waals surface area contributed by atoms with Crippen LogP contribution in [0.3, 0.4) is 0 Å². The van der Waals surface area contributed by atoms with Crippen LogP contribution in [0.2, 0.25) is 0 Å². The maximum atomic E-state index is 13.6. The Morgan fingerprint density at radius 2 is 1.74 bits per heavy atom. The van der Waals surface area contributed by atoms with Crippen LogP contribution >= 0.6 is 11.6 Å². The third-order valence-electron chi connectivity index (χ3n) is 3.16. The molecule has 1 saturated heterocycles. The molecule has 1 aromatic rings. The van der Waals surface area contributed by atoms with Crippen molar-refractivity contribution >= 4 is 17.3 Å². The molecule has 106 valence electrons. The van der Waals surface area contributed by atoms with Gasteiger partial charge in [-0.3, -0.25) is 0 Å². The van der Waals surface area contributed by atoms with Crippen molar-refractivity contribution in [1.29, 1.82) is 0 Å². The van der Waals surface area contributed by atoms with Gasteiger partial charge in [-0.15, -0.1) is 11.6 Å². The molecule has 0 aliphatic carbocycles. The first-order valence-corrected chi connectivity index (χ1v) is 7.05. The predicted molar refractivity (Wildman–Crippen MR) is 77.4 cm³/mol. The number of anilines is 1. The lowest BCUT2D eigenvalue weighted by Crippen LogP contribution is -2.57. The smallest absolute Gasteiger partial charge is 0.125 e. The quantitative estimate of drug-likeness (QED) is 0.763. The van der Waals surface area contributed by atoms with E-state index >= 15 is 0 Å². The van der Waals surface area contributed by atoms with Crippen molar-refractivity contribution < 1.29 is 9.13 Å². The highest BCUT2D eigenvalue weighted by atomic mass is 35.5. The molecule has 0 saturated carbocycles. The van der Waals surface area contributed by atoms with E-state index in [9.17, 15) is 4.39 Å². The maximum absolute atomic E-state index is 13.6. The Hall–Kier alpha value is -0.800. The molecule has 2 nitrogen and oxygen atoms in total. The van der Waals surface area contributed by atoms with Crippen LogP contribution in [0.15, 0.2) is 18.2 Å². The molecule has 1 aliphatic heterocycles. The van der Waals surface area contributed by atoms with Gasteiger partial charge in [-0.1, -0.05) is 0 Å². The second-order valence-corrected chi connectivity index (χ2v) is 6.70. The van der Waals surface area contributed by atoms with E-state index in [1.807, 2.05) is 6.07 Å². The van der Waals surface area contributed by atoms with Crippen molar-refractivity contribution in [3.8, 4) is 0 Å². The van der Waals surface area contributed by atoms with Crippen LogP contribution in [-0.2, 0) is 10.6 Å². The van der Waals surface area contributed by atoms with Crippen LogP contribution in [-0.4, -0.2) is 24.3 Å². The number of morpholine rings is 1. The van der Waals surface area contributed by atoms with Crippen LogP contribution in [0.5, 0.6) is 0 Å². The van der Waals surface area contributed by atoms with E-state index in [0.717, 1.165) is 24.3 Å². The van der Waals surface area contributed by atoms with Gasteiger partial charge in [0.2, 0.25) is 0 Å². The van der Waals surface area contributed by atoms with Gasteiger partial charge in [-0.25, -0.2) is 4.39 Å². The lowest BCUT2D eigenvalue weighted by molar-refractivity contribution is -0.133. The van der Waals surface area contributed by atoms with Gasteiger partial charge in [-0.2, -0.15) is 0 Å². The lowest BCUT2D eigenvalue weighted by Gasteiger charge is -2.48. The Bertz CT molecular complexity index is 457. The normalized spacial score (nSPS) is 21.5. The Morgan fingerprint density at radius 3 is 2.26 bits per heavy atom. The first kappa shape index (κ1) is 14.6. The van der Waals surface area contributed by atoms with Gasteiger partial charge in [0.25, 0.3) is 0 Å². The van der Waals surface area contributed by atoms with Crippen molar-refractivity contribution in [2.24, 2.45) is 0 Å². The Balaban J connectivity index is 2.33. The number of rotatable bonds is 2. The third-order valence-corrected chi connectivity index (χ3v) is 3.47. The second-order valence-electron chi connectivity index (χ2n) is 6.43. The summed E-state index contributed by atoms with van der Waals surface area (Å²) in [4.78, 5) is 2.17. The molecule has 0 amide bonds. The Morgan fingerprint density at radius 1 is 1.16 bits per heavy atom. The first-order valence-electron chi connectivity index (χ1n) is 6.51. The molecule has 2 rings (SSSR count). The molecule has 0 bridgehead atoms. The Labute approximate surface area is 119 Å². The van der Waals surface area contributed by atoms with E-state index in [1.54, 1.807) is 6.07 Å². The summed E-state index contributed by atoms with van der Waals surface area (Å²) in [7, 11) is 0. The predicted octanol–water partition coefficient (Wildman–Crippen LogP) is 3.96. The minimum atomic E-state index is -0.255.